The molecule has 6 heteroatoms. The number of urea groups is 1. The minimum atomic E-state index is -0.239. The number of nitrogens with one attached hydrogen (secondary N) is 2. The molecule has 0 fully saturated rings. The number of hydrogen-bond donors (Lipinski definition) is 3. The summed E-state index contributed by atoms with van der Waals surface area (Å²) in [5.41, 5.74) is 2.31. The fraction of sp³-hybridized carbons (Fsp3) is 0.333. The second kappa shape index (κ2) is 5.05. The van der Waals surface area contributed by atoms with Crippen molar-refractivity contribution in [3.05, 3.63) is 23.8 Å². The quantitative estimate of drug-likeness (QED) is 0.736. The first-order valence-corrected chi connectivity index (χ1v) is 5.68. The van der Waals surface area contributed by atoms with Gasteiger partial charge in [-0.3, -0.25) is 9.69 Å². The van der Waals surface area contributed by atoms with Gasteiger partial charge in [0.25, 0.3) is 0 Å². The van der Waals surface area contributed by atoms with E-state index in [0.29, 0.717) is 12.2 Å². The third kappa shape index (κ3) is 2.43. The fourth-order valence-corrected chi connectivity index (χ4v) is 1.94. The highest BCUT2D eigenvalue weighted by Gasteiger charge is 2.23. The first-order chi connectivity index (χ1) is 8.61. The lowest BCUT2D eigenvalue weighted by atomic mass is 10.1. The molecular formula is C12H15N3O3. The lowest BCUT2D eigenvalue weighted by Gasteiger charge is -2.29. The molecule has 18 heavy (non-hydrogen) atoms. The Morgan fingerprint density at radius 3 is 3.00 bits per heavy atom. The number of benzene rings is 1. The molecule has 0 aliphatic carbocycles. The summed E-state index contributed by atoms with van der Waals surface area (Å²) < 4.78 is 0. The van der Waals surface area contributed by atoms with E-state index in [-0.39, 0.29) is 25.1 Å². The van der Waals surface area contributed by atoms with E-state index in [1.807, 2.05) is 6.07 Å². The number of β-amino-alcohol motifs (C(OH)–C–C–N with tert-alkyl or cyclic N) is 1. The third-order valence-corrected chi connectivity index (χ3v) is 2.70. The van der Waals surface area contributed by atoms with Crippen molar-refractivity contribution in [1.29, 1.82) is 0 Å². The molecule has 96 valence electrons. The van der Waals surface area contributed by atoms with Gasteiger partial charge in [-0.1, -0.05) is 6.07 Å². The summed E-state index contributed by atoms with van der Waals surface area (Å²) in [5.74, 6) is -0.163. The first-order valence-electron chi connectivity index (χ1n) is 5.68. The Balaban J connectivity index is 2.35. The highest BCUT2D eigenvalue weighted by molar-refractivity contribution is 5.96. The van der Waals surface area contributed by atoms with Crippen LogP contribution in [0.4, 0.5) is 16.2 Å². The van der Waals surface area contributed by atoms with E-state index in [9.17, 15) is 9.59 Å². The van der Waals surface area contributed by atoms with E-state index in [4.69, 9.17) is 5.11 Å². The smallest absolute Gasteiger partial charge is 0.322 e. The molecular weight excluding hydrogens is 234 g/mol. The molecule has 1 aromatic rings. The molecule has 1 aliphatic heterocycles. The topological polar surface area (TPSA) is 81.7 Å². The molecule has 0 aromatic heterocycles. The van der Waals surface area contributed by atoms with Crippen LogP contribution in [0.3, 0.4) is 0 Å². The standard InChI is InChI=1S/C12H15N3O3/c1-8(17)14-10-3-2-9-7-13-12(18)15(4-5-16)11(9)6-10/h2-3,6,16H,4-5,7H2,1H3,(H,13,18)(H,14,17). The highest BCUT2D eigenvalue weighted by atomic mass is 16.3. The van der Waals surface area contributed by atoms with E-state index in [0.717, 1.165) is 11.3 Å². The van der Waals surface area contributed by atoms with Crippen molar-refractivity contribution in [2.24, 2.45) is 0 Å². The van der Waals surface area contributed by atoms with E-state index in [2.05, 4.69) is 10.6 Å². The SMILES string of the molecule is CC(=O)Nc1ccc2c(c1)N(CCO)C(=O)NC2. The molecule has 3 N–H and O–H groups in total. The van der Waals surface area contributed by atoms with Crippen LogP contribution < -0.4 is 15.5 Å². The summed E-state index contributed by atoms with van der Waals surface area (Å²) in [6.45, 7) is 1.99. The summed E-state index contributed by atoms with van der Waals surface area (Å²) in [6.07, 6.45) is 0. The maximum Gasteiger partial charge on any atom is 0.322 e. The molecule has 0 atom stereocenters. The van der Waals surface area contributed by atoms with Crippen LogP contribution in [0, 0.1) is 0 Å². The van der Waals surface area contributed by atoms with Crippen molar-refractivity contribution in [3.63, 3.8) is 0 Å². The normalized spacial score (nSPS) is 13.9. The first kappa shape index (κ1) is 12.4. The predicted molar refractivity (Wildman–Crippen MR) is 67.4 cm³/mol. The fourth-order valence-electron chi connectivity index (χ4n) is 1.94. The Morgan fingerprint density at radius 1 is 1.56 bits per heavy atom. The van der Waals surface area contributed by atoms with E-state index >= 15 is 0 Å². The highest BCUT2D eigenvalue weighted by Crippen LogP contribution is 2.27. The zero-order valence-corrected chi connectivity index (χ0v) is 10.1. The summed E-state index contributed by atoms with van der Waals surface area (Å²) >= 11 is 0. The van der Waals surface area contributed by atoms with Crippen molar-refractivity contribution in [1.82, 2.24) is 5.32 Å². The van der Waals surface area contributed by atoms with Crippen molar-refractivity contribution in [2.75, 3.05) is 23.4 Å². The summed E-state index contributed by atoms with van der Waals surface area (Å²) in [4.78, 5) is 24.2. The van der Waals surface area contributed by atoms with Gasteiger partial charge in [0.05, 0.1) is 18.8 Å². The molecule has 3 amide bonds. The number of rotatable bonds is 3. The molecule has 1 aromatic carbocycles. The molecule has 0 spiro atoms. The van der Waals surface area contributed by atoms with Gasteiger partial charge in [-0.15, -0.1) is 0 Å². The molecule has 2 rings (SSSR count). The number of nitrogens with zero attached hydrogens (tertiary/aromatic N) is 1. The Kier molecular flexibility index (Phi) is 3.47. The maximum absolute atomic E-state index is 11.7. The van der Waals surface area contributed by atoms with Gasteiger partial charge in [0.15, 0.2) is 0 Å². The van der Waals surface area contributed by atoms with Gasteiger partial charge in [-0.2, -0.15) is 0 Å². The monoisotopic (exact) mass is 249 g/mol. The lowest BCUT2D eigenvalue weighted by Crippen LogP contribution is -2.45. The van der Waals surface area contributed by atoms with Crippen LogP contribution in [0.25, 0.3) is 0 Å². The predicted octanol–water partition coefficient (Wildman–Crippen LogP) is 0.667. The summed E-state index contributed by atoms with van der Waals surface area (Å²) in [7, 11) is 0. The maximum atomic E-state index is 11.7. The van der Waals surface area contributed by atoms with E-state index in [1.54, 1.807) is 12.1 Å². The van der Waals surface area contributed by atoms with Crippen LogP contribution in [0.2, 0.25) is 0 Å². The number of anilines is 2. The average Bonchev–Trinajstić information content (AvgIpc) is 2.32. The largest absolute Gasteiger partial charge is 0.395 e. The average molecular weight is 249 g/mol. The molecule has 1 heterocycles. The van der Waals surface area contributed by atoms with Gasteiger partial charge in [-0.25, -0.2) is 4.79 Å². The van der Waals surface area contributed by atoms with Crippen molar-refractivity contribution in [2.45, 2.75) is 13.5 Å². The molecule has 0 saturated carbocycles. The van der Waals surface area contributed by atoms with Crippen LogP contribution in [0.5, 0.6) is 0 Å². The Hall–Kier alpha value is -2.08. The van der Waals surface area contributed by atoms with Gasteiger partial charge in [-0.05, 0) is 17.7 Å². The molecule has 0 unspecified atom stereocenters. The minimum Gasteiger partial charge on any atom is -0.395 e. The van der Waals surface area contributed by atoms with Gasteiger partial charge in [0.1, 0.15) is 0 Å². The van der Waals surface area contributed by atoms with Crippen molar-refractivity contribution < 1.29 is 14.7 Å². The van der Waals surface area contributed by atoms with Gasteiger partial charge < -0.3 is 15.7 Å². The third-order valence-electron chi connectivity index (χ3n) is 2.70. The zero-order valence-electron chi connectivity index (χ0n) is 10.1. The number of carbonyl (C=O) groups is 2. The van der Waals surface area contributed by atoms with Crippen molar-refractivity contribution in [3.8, 4) is 0 Å². The van der Waals surface area contributed by atoms with Crippen molar-refractivity contribution >= 4 is 23.3 Å². The summed E-state index contributed by atoms with van der Waals surface area (Å²) in [5, 5.41) is 14.4. The molecule has 0 radical (unpaired) electrons. The van der Waals surface area contributed by atoms with Crippen LogP contribution in [0.1, 0.15) is 12.5 Å². The Labute approximate surface area is 105 Å². The van der Waals surface area contributed by atoms with Crippen LogP contribution in [0.15, 0.2) is 18.2 Å². The Morgan fingerprint density at radius 2 is 2.33 bits per heavy atom. The second-order valence-corrected chi connectivity index (χ2v) is 4.06. The molecule has 0 bridgehead atoms. The van der Waals surface area contributed by atoms with Gasteiger partial charge in [0, 0.05) is 19.2 Å². The molecule has 0 saturated heterocycles. The number of hydrogen-bond acceptors (Lipinski definition) is 3. The number of carbonyl (C=O) groups excluding carboxylic acids is 2. The summed E-state index contributed by atoms with van der Waals surface area (Å²) in [6, 6.07) is 5.14. The molecule has 6 nitrogen and oxygen atoms in total. The van der Waals surface area contributed by atoms with E-state index < -0.39 is 0 Å². The number of fused-ring (bicyclic) bond motifs is 1. The van der Waals surface area contributed by atoms with Crippen LogP contribution >= 0.6 is 0 Å². The zero-order chi connectivity index (χ0) is 13.1. The number of aliphatic hydroxyl groups excluding tert-OH is 1. The minimum absolute atomic E-state index is 0.114. The Bertz CT molecular complexity index is 487. The number of amides is 3. The number of aliphatic hydroxyl groups is 1. The van der Waals surface area contributed by atoms with Crippen LogP contribution in [-0.4, -0.2) is 30.2 Å². The molecule has 1 aliphatic rings. The second-order valence-electron chi connectivity index (χ2n) is 4.06. The van der Waals surface area contributed by atoms with Crippen LogP contribution in [-0.2, 0) is 11.3 Å². The van der Waals surface area contributed by atoms with E-state index in [1.165, 1.54) is 11.8 Å². The van der Waals surface area contributed by atoms with Gasteiger partial charge >= 0.3 is 6.03 Å². The van der Waals surface area contributed by atoms with Gasteiger partial charge in [0.2, 0.25) is 5.91 Å². The lowest BCUT2D eigenvalue weighted by molar-refractivity contribution is -0.114.